The first-order valence-electron chi connectivity index (χ1n) is 6.13. The van der Waals surface area contributed by atoms with Crippen LogP contribution in [-0.2, 0) is 4.74 Å². The van der Waals surface area contributed by atoms with E-state index in [4.69, 9.17) is 0 Å². The zero-order valence-corrected chi connectivity index (χ0v) is 12.7. The molecule has 0 aliphatic rings. The smallest absolute Gasteiger partial charge is 0.350 e. The quantitative estimate of drug-likeness (QED) is 0.877. The lowest BCUT2D eigenvalue weighted by atomic mass is 10.2. The lowest BCUT2D eigenvalue weighted by Gasteiger charge is -2.12. The minimum atomic E-state index is -0.469. The fourth-order valence-corrected chi connectivity index (χ4v) is 2.42. The minimum absolute atomic E-state index is 0.302. The summed E-state index contributed by atoms with van der Waals surface area (Å²) < 4.78 is 4.68. The van der Waals surface area contributed by atoms with E-state index in [1.807, 2.05) is 14.1 Å². The van der Waals surface area contributed by atoms with Gasteiger partial charge < -0.3 is 15.0 Å². The molecule has 21 heavy (non-hydrogen) atoms. The standard InChI is InChI=1S/C14H15N3O3S/c1-17(2)11-8-9(4-6-15-11)13(18)16-10-5-7-21-12(10)14(19)20-3/h4-8H,1-3H3,(H,16,18). The van der Waals surface area contributed by atoms with E-state index >= 15 is 0 Å². The van der Waals surface area contributed by atoms with Crippen LogP contribution in [-0.4, -0.2) is 38.1 Å². The SMILES string of the molecule is COC(=O)c1sccc1NC(=O)c1ccnc(N(C)C)c1. The van der Waals surface area contributed by atoms with Crippen molar-refractivity contribution in [1.29, 1.82) is 0 Å². The van der Waals surface area contributed by atoms with Gasteiger partial charge >= 0.3 is 5.97 Å². The number of rotatable bonds is 4. The number of thiophene rings is 1. The number of nitrogens with zero attached hydrogens (tertiary/aromatic N) is 2. The highest BCUT2D eigenvalue weighted by molar-refractivity contribution is 7.12. The van der Waals surface area contributed by atoms with E-state index in [0.29, 0.717) is 21.9 Å². The van der Waals surface area contributed by atoms with Crippen LogP contribution in [0.5, 0.6) is 0 Å². The van der Waals surface area contributed by atoms with Crippen molar-refractivity contribution < 1.29 is 14.3 Å². The summed E-state index contributed by atoms with van der Waals surface area (Å²) in [6, 6.07) is 4.97. The highest BCUT2D eigenvalue weighted by Crippen LogP contribution is 2.24. The lowest BCUT2D eigenvalue weighted by Crippen LogP contribution is -2.16. The first-order valence-corrected chi connectivity index (χ1v) is 7.01. The van der Waals surface area contributed by atoms with Crippen LogP contribution in [0.15, 0.2) is 29.8 Å². The molecule has 2 heterocycles. The number of amides is 1. The van der Waals surface area contributed by atoms with Gasteiger partial charge in [0.2, 0.25) is 0 Å². The normalized spacial score (nSPS) is 10.0. The van der Waals surface area contributed by atoms with E-state index in [2.05, 4.69) is 15.0 Å². The molecule has 2 aromatic heterocycles. The number of nitrogens with one attached hydrogen (secondary N) is 1. The van der Waals surface area contributed by atoms with Gasteiger partial charge in [0.25, 0.3) is 5.91 Å². The van der Waals surface area contributed by atoms with E-state index in [9.17, 15) is 9.59 Å². The van der Waals surface area contributed by atoms with E-state index in [0.717, 1.165) is 0 Å². The fraction of sp³-hybridized carbons (Fsp3) is 0.214. The van der Waals surface area contributed by atoms with Crippen LogP contribution < -0.4 is 10.2 Å². The Morgan fingerprint density at radius 1 is 1.33 bits per heavy atom. The van der Waals surface area contributed by atoms with Gasteiger partial charge in [0.15, 0.2) is 0 Å². The maximum Gasteiger partial charge on any atom is 0.350 e. The Hall–Kier alpha value is -2.41. The number of ether oxygens (including phenoxy) is 1. The van der Waals surface area contributed by atoms with Crippen molar-refractivity contribution in [2.45, 2.75) is 0 Å². The third kappa shape index (κ3) is 3.38. The van der Waals surface area contributed by atoms with Crippen molar-refractivity contribution >= 4 is 34.7 Å². The van der Waals surface area contributed by atoms with E-state index in [-0.39, 0.29) is 5.91 Å². The van der Waals surface area contributed by atoms with Crippen molar-refractivity contribution in [1.82, 2.24) is 4.98 Å². The van der Waals surface area contributed by atoms with Crippen LogP contribution in [0.2, 0.25) is 0 Å². The van der Waals surface area contributed by atoms with Gasteiger partial charge in [-0.15, -0.1) is 11.3 Å². The molecule has 0 atom stereocenters. The summed E-state index contributed by atoms with van der Waals surface area (Å²) in [7, 11) is 5.00. The van der Waals surface area contributed by atoms with Crippen molar-refractivity contribution in [2.75, 3.05) is 31.4 Å². The second kappa shape index (κ2) is 6.36. The van der Waals surface area contributed by atoms with Crippen LogP contribution >= 0.6 is 11.3 Å². The molecule has 7 heteroatoms. The van der Waals surface area contributed by atoms with Gasteiger partial charge in [0, 0.05) is 25.9 Å². The molecule has 2 rings (SSSR count). The molecular formula is C14H15N3O3S. The summed E-state index contributed by atoms with van der Waals surface area (Å²) in [6.07, 6.45) is 1.57. The number of hydrogen-bond donors (Lipinski definition) is 1. The fourth-order valence-electron chi connectivity index (χ4n) is 1.66. The highest BCUT2D eigenvalue weighted by atomic mass is 32.1. The average Bonchev–Trinajstić information content (AvgIpc) is 2.94. The van der Waals surface area contributed by atoms with E-state index in [1.54, 1.807) is 34.7 Å². The summed E-state index contributed by atoms with van der Waals surface area (Å²) in [5.74, 6) is -0.0887. The molecule has 0 fully saturated rings. The Labute approximate surface area is 126 Å². The second-order valence-corrected chi connectivity index (χ2v) is 5.32. The molecule has 1 N–H and O–H groups in total. The van der Waals surface area contributed by atoms with Crippen molar-refractivity contribution in [2.24, 2.45) is 0 Å². The zero-order chi connectivity index (χ0) is 15.4. The maximum absolute atomic E-state index is 12.2. The van der Waals surface area contributed by atoms with Gasteiger partial charge in [-0.25, -0.2) is 9.78 Å². The van der Waals surface area contributed by atoms with E-state index in [1.165, 1.54) is 18.4 Å². The Bertz CT molecular complexity index is 667. The molecule has 0 aromatic carbocycles. The maximum atomic E-state index is 12.2. The Kier molecular flexibility index (Phi) is 4.54. The lowest BCUT2D eigenvalue weighted by molar-refractivity contribution is 0.0607. The third-order valence-corrected chi connectivity index (χ3v) is 3.64. The van der Waals surface area contributed by atoms with Gasteiger partial charge in [-0.05, 0) is 23.6 Å². The number of esters is 1. The molecule has 0 aliphatic heterocycles. The Morgan fingerprint density at radius 2 is 2.10 bits per heavy atom. The topological polar surface area (TPSA) is 71.5 Å². The monoisotopic (exact) mass is 305 g/mol. The van der Waals surface area contributed by atoms with Gasteiger partial charge in [-0.3, -0.25) is 4.79 Å². The summed E-state index contributed by atoms with van der Waals surface area (Å²) >= 11 is 1.22. The van der Waals surface area contributed by atoms with Crippen LogP contribution in [0.4, 0.5) is 11.5 Å². The molecule has 0 bridgehead atoms. The van der Waals surface area contributed by atoms with Gasteiger partial charge in [0.1, 0.15) is 10.7 Å². The molecule has 1 amide bonds. The first kappa shape index (κ1) is 15.0. The number of methoxy groups -OCH3 is 1. The Morgan fingerprint density at radius 3 is 2.76 bits per heavy atom. The summed E-state index contributed by atoms with van der Waals surface area (Å²) in [5.41, 5.74) is 0.913. The van der Waals surface area contributed by atoms with Crippen LogP contribution in [0.1, 0.15) is 20.0 Å². The molecule has 6 nitrogen and oxygen atoms in total. The molecule has 0 spiro atoms. The summed E-state index contributed by atoms with van der Waals surface area (Å²) in [4.78, 5) is 30.1. The molecule has 0 saturated heterocycles. The minimum Gasteiger partial charge on any atom is -0.465 e. The number of hydrogen-bond acceptors (Lipinski definition) is 6. The molecule has 110 valence electrons. The molecule has 0 aliphatic carbocycles. The average molecular weight is 305 g/mol. The van der Waals surface area contributed by atoms with Crippen molar-refractivity contribution in [3.8, 4) is 0 Å². The molecule has 2 aromatic rings. The molecular weight excluding hydrogens is 290 g/mol. The van der Waals surface area contributed by atoms with Gasteiger partial charge in [-0.2, -0.15) is 0 Å². The third-order valence-electron chi connectivity index (χ3n) is 2.75. The highest BCUT2D eigenvalue weighted by Gasteiger charge is 2.16. The van der Waals surface area contributed by atoms with Crippen LogP contribution in [0.25, 0.3) is 0 Å². The molecule has 0 radical (unpaired) electrons. The molecule has 0 unspecified atom stereocenters. The second-order valence-electron chi connectivity index (χ2n) is 4.41. The predicted molar refractivity (Wildman–Crippen MR) is 82.2 cm³/mol. The Balaban J connectivity index is 2.21. The van der Waals surface area contributed by atoms with Crippen molar-refractivity contribution in [3.63, 3.8) is 0 Å². The zero-order valence-electron chi connectivity index (χ0n) is 11.9. The largest absolute Gasteiger partial charge is 0.465 e. The number of carbonyl (C=O) groups excluding carboxylic acids is 2. The van der Waals surface area contributed by atoms with Gasteiger partial charge in [-0.1, -0.05) is 0 Å². The number of aromatic nitrogens is 1. The van der Waals surface area contributed by atoms with Gasteiger partial charge in [0.05, 0.1) is 12.8 Å². The van der Waals surface area contributed by atoms with Crippen molar-refractivity contribution in [3.05, 3.63) is 40.2 Å². The molecule has 0 saturated carbocycles. The van der Waals surface area contributed by atoms with Crippen LogP contribution in [0, 0.1) is 0 Å². The summed E-state index contributed by atoms with van der Waals surface area (Å²) in [6.45, 7) is 0. The number of carbonyl (C=O) groups is 2. The first-order chi connectivity index (χ1) is 10.0. The van der Waals surface area contributed by atoms with Crippen LogP contribution in [0.3, 0.4) is 0 Å². The van der Waals surface area contributed by atoms with E-state index < -0.39 is 5.97 Å². The summed E-state index contributed by atoms with van der Waals surface area (Å²) in [5, 5.41) is 4.43. The number of pyridine rings is 1. The predicted octanol–water partition coefficient (Wildman–Crippen LogP) is 2.25. The number of anilines is 2.